The maximum atomic E-state index is 5.87. The van der Waals surface area contributed by atoms with Gasteiger partial charge in [0, 0.05) is 27.9 Å². The summed E-state index contributed by atoms with van der Waals surface area (Å²) in [6, 6.07) is 9.94. The first-order valence-electron chi connectivity index (χ1n) is 6.84. The number of hydrogen-bond donors (Lipinski definition) is 2. The number of nitrogens with zero attached hydrogens (tertiary/aromatic N) is 2. The molecule has 108 valence electrons. The second-order valence-electron chi connectivity index (χ2n) is 5.71. The van der Waals surface area contributed by atoms with Gasteiger partial charge in [-0.25, -0.2) is 9.97 Å². The van der Waals surface area contributed by atoms with Crippen molar-refractivity contribution in [2.75, 3.05) is 17.6 Å². The molecule has 0 unspecified atom stereocenters. The first-order valence-corrected chi connectivity index (χ1v) is 7.72. The molecule has 0 amide bonds. The second kappa shape index (κ2) is 5.33. The number of anilines is 2. The van der Waals surface area contributed by atoms with Crippen LogP contribution in [0.15, 0.2) is 42.0 Å². The molecule has 4 nitrogen and oxygen atoms in total. The van der Waals surface area contributed by atoms with E-state index in [1.807, 2.05) is 18.2 Å². The van der Waals surface area contributed by atoms with Crippen molar-refractivity contribution in [1.29, 1.82) is 0 Å². The van der Waals surface area contributed by atoms with Gasteiger partial charge in [-0.2, -0.15) is 0 Å². The molecule has 0 aliphatic heterocycles. The Balaban J connectivity index is 1.87. The van der Waals surface area contributed by atoms with Gasteiger partial charge in [-0.05, 0) is 29.6 Å². The zero-order chi connectivity index (χ0) is 14.9. The highest BCUT2D eigenvalue weighted by atomic mass is 32.1. The van der Waals surface area contributed by atoms with Gasteiger partial charge in [-0.15, -0.1) is 11.3 Å². The third kappa shape index (κ3) is 2.83. The number of fused-ring (bicyclic) bond motifs is 1. The first kappa shape index (κ1) is 13.8. The molecule has 21 heavy (non-hydrogen) atoms. The van der Waals surface area contributed by atoms with E-state index in [1.54, 1.807) is 17.7 Å². The van der Waals surface area contributed by atoms with Crippen molar-refractivity contribution in [2.24, 2.45) is 0 Å². The monoisotopic (exact) mass is 298 g/mol. The summed E-state index contributed by atoms with van der Waals surface area (Å²) >= 11 is 1.78. The summed E-state index contributed by atoms with van der Waals surface area (Å²) in [6.45, 7) is 5.25. The highest BCUT2D eigenvalue weighted by Gasteiger charge is 2.21. The lowest BCUT2D eigenvalue weighted by Crippen LogP contribution is -2.27. The van der Waals surface area contributed by atoms with Crippen LogP contribution in [-0.2, 0) is 5.41 Å². The number of nitrogen functional groups attached to an aromatic ring is 1. The maximum Gasteiger partial charge on any atom is 0.137 e. The summed E-state index contributed by atoms with van der Waals surface area (Å²) < 4.78 is 0. The molecule has 0 spiro atoms. The van der Waals surface area contributed by atoms with E-state index in [0.29, 0.717) is 0 Å². The van der Waals surface area contributed by atoms with Gasteiger partial charge >= 0.3 is 0 Å². The van der Waals surface area contributed by atoms with Crippen LogP contribution < -0.4 is 11.1 Å². The van der Waals surface area contributed by atoms with Crippen LogP contribution in [0.2, 0.25) is 0 Å². The van der Waals surface area contributed by atoms with E-state index in [4.69, 9.17) is 5.73 Å². The van der Waals surface area contributed by atoms with E-state index in [-0.39, 0.29) is 5.41 Å². The van der Waals surface area contributed by atoms with Crippen molar-refractivity contribution in [3.63, 3.8) is 0 Å². The van der Waals surface area contributed by atoms with Crippen LogP contribution in [0.1, 0.15) is 18.7 Å². The van der Waals surface area contributed by atoms with Gasteiger partial charge in [-0.1, -0.05) is 19.9 Å². The standard InChI is InChI=1S/C16H18N4S/c1-16(2,14-4-3-7-21-14)9-18-15-12-8-11(17)5-6-13(12)19-10-20-15/h3-8,10H,9,17H2,1-2H3,(H,18,19,20). The molecule has 0 fully saturated rings. The predicted octanol–water partition coefficient (Wildman–Crippen LogP) is 3.66. The molecule has 2 heterocycles. The zero-order valence-electron chi connectivity index (χ0n) is 12.1. The van der Waals surface area contributed by atoms with Gasteiger partial charge in [0.1, 0.15) is 12.1 Å². The summed E-state index contributed by atoms with van der Waals surface area (Å²) in [4.78, 5) is 9.99. The Labute approximate surface area is 128 Å². The van der Waals surface area contributed by atoms with E-state index in [9.17, 15) is 0 Å². The molecular formula is C16H18N4S. The average Bonchev–Trinajstić information content (AvgIpc) is 3.00. The molecular weight excluding hydrogens is 280 g/mol. The molecule has 0 bridgehead atoms. The van der Waals surface area contributed by atoms with Crippen LogP contribution in [0.4, 0.5) is 11.5 Å². The topological polar surface area (TPSA) is 63.8 Å². The van der Waals surface area contributed by atoms with Crippen LogP contribution in [0.25, 0.3) is 10.9 Å². The Morgan fingerprint density at radius 3 is 2.86 bits per heavy atom. The Bertz CT molecular complexity index is 750. The van der Waals surface area contributed by atoms with Gasteiger partial charge in [0.15, 0.2) is 0 Å². The molecule has 0 aliphatic rings. The van der Waals surface area contributed by atoms with E-state index >= 15 is 0 Å². The number of nitrogens with two attached hydrogens (primary N) is 1. The summed E-state index contributed by atoms with van der Waals surface area (Å²) in [5.41, 5.74) is 7.54. The van der Waals surface area contributed by atoms with E-state index in [0.717, 1.165) is 29.0 Å². The van der Waals surface area contributed by atoms with Crippen molar-refractivity contribution in [3.05, 3.63) is 46.9 Å². The highest BCUT2D eigenvalue weighted by molar-refractivity contribution is 7.10. The molecule has 0 atom stereocenters. The fourth-order valence-corrected chi connectivity index (χ4v) is 3.12. The average molecular weight is 298 g/mol. The third-order valence-corrected chi connectivity index (χ3v) is 4.78. The minimum atomic E-state index is 0.0474. The van der Waals surface area contributed by atoms with Crippen LogP contribution in [0.3, 0.4) is 0 Å². The third-order valence-electron chi connectivity index (χ3n) is 3.55. The Morgan fingerprint density at radius 1 is 1.24 bits per heavy atom. The summed E-state index contributed by atoms with van der Waals surface area (Å²) in [5.74, 6) is 0.830. The van der Waals surface area contributed by atoms with Gasteiger partial charge in [0.25, 0.3) is 0 Å². The van der Waals surface area contributed by atoms with E-state index in [2.05, 4.69) is 46.6 Å². The molecule has 3 aromatic rings. The summed E-state index contributed by atoms with van der Waals surface area (Å²) in [6.07, 6.45) is 1.58. The van der Waals surface area contributed by atoms with Crippen LogP contribution in [-0.4, -0.2) is 16.5 Å². The number of rotatable bonds is 4. The molecule has 5 heteroatoms. The zero-order valence-corrected chi connectivity index (χ0v) is 12.9. The van der Waals surface area contributed by atoms with E-state index in [1.165, 1.54) is 4.88 Å². The van der Waals surface area contributed by atoms with Gasteiger partial charge in [0.2, 0.25) is 0 Å². The van der Waals surface area contributed by atoms with Crippen LogP contribution in [0, 0.1) is 0 Å². The van der Waals surface area contributed by atoms with Crippen molar-refractivity contribution in [2.45, 2.75) is 19.3 Å². The summed E-state index contributed by atoms with van der Waals surface area (Å²) in [5, 5.41) is 6.51. The fraction of sp³-hybridized carbons (Fsp3) is 0.250. The SMILES string of the molecule is CC(C)(CNc1ncnc2ccc(N)cc12)c1cccs1. The van der Waals surface area contributed by atoms with Crippen molar-refractivity contribution < 1.29 is 0 Å². The van der Waals surface area contributed by atoms with E-state index < -0.39 is 0 Å². The van der Waals surface area contributed by atoms with Crippen molar-refractivity contribution in [3.8, 4) is 0 Å². The fourth-order valence-electron chi connectivity index (χ4n) is 2.27. The largest absolute Gasteiger partial charge is 0.399 e. The van der Waals surface area contributed by atoms with Crippen molar-refractivity contribution in [1.82, 2.24) is 9.97 Å². The summed E-state index contributed by atoms with van der Waals surface area (Å²) in [7, 11) is 0. The highest BCUT2D eigenvalue weighted by Crippen LogP contribution is 2.29. The second-order valence-corrected chi connectivity index (χ2v) is 6.66. The Morgan fingerprint density at radius 2 is 2.10 bits per heavy atom. The van der Waals surface area contributed by atoms with Gasteiger partial charge < -0.3 is 11.1 Å². The van der Waals surface area contributed by atoms with Gasteiger partial charge in [0.05, 0.1) is 5.52 Å². The Hall–Kier alpha value is -2.14. The lowest BCUT2D eigenvalue weighted by Gasteiger charge is -2.24. The molecule has 0 saturated carbocycles. The number of benzene rings is 1. The molecule has 0 aliphatic carbocycles. The first-order chi connectivity index (χ1) is 10.1. The number of aromatic nitrogens is 2. The minimum Gasteiger partial charge on any atom is -0.399 e. The molecule has 0 saturated heterocycles. The minimum absolute atomic E-state index is 0.0474. The molecule has 1 aromatic carbocycles. The lowest BCUT2D eigenvalue weighted by atomic mass is 9.91. The number of thiophene rings is 1. The molecule has 0 radical (unpaired) electrons. The molecule has 3 rings (SSSR count). The molecule has 2 aromatic heterocycles. The maximum absolute atomic E-state index is 5.87. The number of nitrogens with one attached hydrogen (secondary N) is 1. The predicted molar refractivity (Wildman–Crippen MR) is 89.8 cm³/mol. The smallest absolute Gasteiger partial charge is 0.137 e. The van der Waals surface area contributed by atoms with Crippen LogP contribution >= 0.6 is 11.3 Å². The van der Waals surface area contributed by atoms with Gasteiger partial charge in [-0.3, -0.25) is 0 Å². The quantitative estimate of drug-likeness (QED) is 0.721. The number of hydrogen-bond acceptors (Lipinski definition) is 5. The normalized spacial score (nSPS) is 11.7. The lowest BCUT2D eigenvalue weighted by molar-refractivity contribution is 0.568. The Kier molecular flexibility index (Phi) is 3.51. The van der Waals surface area contributed by atoms with Crippen LogP contribution in [0.5, 0.6) is 0 Å². The van der Waals surface area contributed by atoms with Crippen molar-refractivity contribution >= 4 is 33.7 Å². The molecule has 3 N–H and O–H groups in total.